The second-order valence-electron chi connectivity index (χ2n) is 6.86. The minimum atomic E-state index is -0.628. The van der Waals surface area contributed by atoms with Gasteiger partial charge in [-0.25, -0.2) is 0 Å². The maximum Gasteiger partial charge on any atom is 0.316 e. The van der Waals surface area contributed by atoms with Gasteiger partial charge in [0.2, 0.25) is 0 Å². The summed E-state index contributed by atoms with van der Waals surface area (Å²) in [7, 11) is 6.77. The molecule has 0 aliphatic carbocycles. The van der Waals surface area contributed by atoms with Gasteiger partial charge in [-0.15, -0.1) is 0 Å². The molecule has 1 aromatic heterocycles. The third-order valence-corrected chi connectivity index (χ3v) is 4.77. The van der Waals surface area contributed by atoms with E-state index in [1.165, 1.54) is 16.2 Å². The van der Waals surface area contributed by atoms with Gasteiger partial charge in [0.15, 0.2) is 0 Å². The topological polar surface area (TPSA) is 85.6 Å². The number of nitrogens with one attached hydrogen (secondary N) is 1. The molecule has 0 unspecified atom stereocenters. The van der Waals surface area contributed by atoms with Crippen molar-refractivity contribution in [2.75, 3.05) is 30.9 Å². The van der Waals surface area contributed by atoms with Crippen molar-refractivity contribution in [1.82, 2.24) is 9.13 Å². The summed E-state index contributed by atoms with van der Waals surface area (Å²) in [6.45, 7) is 2.30. The van der Waals surface area contributed by atoms with Crippen LogP contribution in [0.4, 0.5) is 11.4 Å². The second-order valence-corrected chi connectivity index (χ2v) is 6.86. The minimum Gasteiger partial charge on any atom is -0.493 e. The van der Waals surface area contributed by atoms with Crippen molar-refractivity contribution in [3.8, 4) is 5.75 Å². The third kappa shape index (κ3) is 3.61. The maximum absolute atomic E-state index is 13.0. The fourth-order valence-corrected chi connectivity index (χ4v) is 3.20. The summed E-state index contributed by atoms with van der Waals surface area (Å²) < 4.78 is 8.17. The zero-order valence-electron chi connectivity index (χ0n) is 17.1. The Balaban J connectivity index is 2.16. The number of rotatable bonds is 5. The van der Waals surface area contributed by atoms with Crippen LogP contribution in [0.5, 0.6) is 5.75 Å². The van der Waals surface area contributed by atoms with Gasteiger partial charge >= 0.3 is 11.1 Å². The molecule has 0 radical (unpaired) electrons. The SMILES string of the molecule is CCOc1ccccc1C(=O)Nc1cc2c(cc1N(C)C)n(C)c(=O)c(=O)n2C. The Hall–Kier alpha value is -3.55. The summed E-state index contributed by atoms with van der Waals surface area (Å²) in [5.41, 5.74) is 1.53. The van der Waals surface area contributed by atoms with Crippen LogP contribution < -0.4 is 26.1 Å². The smallest absolute Gasteiger partial charge is 0.316 e. The van der Waals surface area contributed by atoms with E-state index in [2.05, 4.69) is 5.32 Å². The Morgan fingerprint density at radius 2 is 1.62 bits per heavy atom. The lowest BCUT2D eigenvalue weighted by Gasteiger charge is -2.21. The van der Waals surface area contributed by atoms with Crippen LogP contribution in [0.15, 0.2) is 46.0 Å². The van der Waals surface area contributed by atoms with Crippen LogP contribution in [0.2, 0.25) is 0 Å². The highest BCUT2D eigenvalue weighted by Gasteiger charge is 2.18. The van der Waals surface area contributed by atoms with Crippen molar-refractivity contribution in [3.63, 3.8) is 0 Å². The van der Waals surface area contributed by atoms with Crippen molar-refractivity contribution < 1.29 is 9.53 Å². The van der Waals surface area contributed by atoms with Crippen molar-refractivity contribution in [2.24, 2.45) is 14.1 Å². The summed E-state index contributed by atoms with van der Waals surface area (Å²) in [6, 6.07) is 10.5. The first-order valence-electron chi connectivity index (χ1n) is 9.20. The fraction of sp³-hybridized carbons (Fsp3) is 0.286. The summed E-state index contributed by atoms with van der Waals surface area (Å²) in [4.78, 5) is 39.2. The molecule has 3 aromatic rings. The lowest BCUT2D eigenvalue weighted by molar-refractivity contribution is 0.102. The van der Waals surface area contributed by atoms with Gasteiger partial charge in [-0.05, 0) is 31.2 Å². The Morgan fingerprint density at radius 3 is 2.21 bits per heavy atom. The normalized spacial score (nSPS) is 10.8. The number of fused-ring (bicyclic) bond motifs is 1. The van der Waals surface area contributed by atoms with E-state index in [0.29, 0.717) is 40.3 Å². The Morgan fingerprint density at radius 1 is 1.03 bits per heavy atom. The quantitative estimate of drug-likeness (QED) is 0.667. The molecule has 152 valence electrons. The molecular weight excluding hydrogens is 372 g/mol. The standard InChI is InChI=1S/C21H24N4O4/c1-6-29-18-10-8-7-9-13(18)19(26)22-14-11-16-17(12-15(14)23(2)3)25(5)21(28)20(27)24(16)4/h7-12H,6H2,1-5H3,(H,22,26). The van der Waals surface area contributed by atoms with Crippen molar-refractivity contribution in [3.05, 3.63) is 62.7 Å². The van der Waals surface area contributed by atoms with Gasteiger partial charge in [-0.2, -0.15) is 0 Å². The van der Waals surface area contributed by atoms with E-state index in [-0.39, 0.29) is 5.91 Å². The molecule has 0 spiro atoms. The van der Waals surface area contributed by atoms with Gasteiger partial charge in [0.25, 0.3) is 5.91 Å². The number of aromatic nitrogens is 2. The number of carbonyl (C=O) groups excluding carboxylic acids is 1. The van der Waals surface area contributed by atoms with Crippen LogP contribution in [0.3, 0.4) is 0 Å². The van der Waals surface area contributed by atoms with Crippen LogP contribution in [-0.4, -0.2) is 35.7 Å². The number of nitrogens with zero attached hydrogens (tertiary/aromatic N) is 3. The molecule has 8 nitrogen and oxygen atoms in total. The largest absolute Gasteiger partial charge is 0.493 e. The number of hydrogen-bond acceptors (Lipinski definition) is 5. The van der Waals surface area contributed by atoms with Crippen LogP contribution in [-0.2, 0) is 14.1 Å². The molecule has 1 amide bonds. The van der Waals surface area contributed by atoms with Gasteiger partial charge in [-0.3, -0.25) is 14.4 Å². The highest BCUT2D eigenvalue weighted by atomic mass is 16.5. The molecule has 1 N–H and O–H groups in total. The molecule has 0 aliphatic heterocycles. The van der Waals surface area contributed by atoms with E-state index in [9.17, 15) is 14.4 Å². The van der Waals surface area contributed by atoms with E-state index in [4.69, 9.17) is 4.74 Å². The first-order valence-corrected chi connectivity index (χ1v) is 9.20. The van der Waals surface area contributed by atoms with Gasteiger partial charge in [0.1, 0.15) is 5.75 Å². The summed E-state index contributed by atoms with van der Waals surface area (Å²) in [5.74, 6) is 0.167. The molecule has 3 rings (SSSR count). The molecule has 0 saturated heterocycles. The summed E-state index contributed by atoms with van der Waals surface area (Å²) in [6.07, 6.45) is 0. The summed E-state index contributed by atoms with van der Waals surface area (Å²) in [5, 5.41) is 2.92. The number of amides is 1. The molecule has 0 fully saturated rings. The van der Waals surface area contributed by atoms with Crippen molar-refractivity contribution in [2.45, 2.75) is 6.92 Å². The number of para-hydroxylation sites is 1. The lowest BCUT2D eigenvalue weighted by Crippen LogP contribution is -2.39. The highest BCUT2D eigenvalue weighted by molar-refractivity contribution is 6.08. The lowest BCUT2D eigenvalue weighted by atomic mass is 10.1. The Bertz CT molecular complexity index is 1210. The van der Waals surface area contributed by atoms with Gasteiger partial charge in [0.05, 0.1) is 34.6 Å². The van der Waals surface area contributed by atoms with Gasteiger partial charge in [-0.1, -0.05) is 12.1 Å². The van der Waals surface area contributed by atoms with Crippen molar-refractivity contribution in [1.29, 1.82) is 0 Å². The fourth-order valence-electron chi connectivity index (χ4n) is 3.20. The number of ether oxygens (including phenoxy) is 1. The first kappa shape index (κ1) is 20.2. The van der Waals surface area contributed by atoms with Gasteiger partial charge < -0.3 is 24.1 Å². The maximum atomic E-state index is 13.0. The number of carbonyl (C=O) groups is 1. The van der Waals surface area contributed by atoms with Gasteiger partial charge in [0, 0.05) is 28.2 Å². The van der Waals surface area contributed by atoms with E-state index < -0.39 is 11.1 Å². The number of anilines is 2. The molecule has 29 heavy (non-hydrogen) atoms. The van der Waals surface area contributed by atoms with E-state index in [1.807, 2.05) is 25.9 Å². The molecular formula is C21H24N4O4. The van der Waals surface area contributed by atoms with Crippen LogP contribution in [0, 0.1) is 0 Å². The molecule has 0 atom stereocenters. The predicted octanol–water partition coefficient (Wildman–Crippen LogP) is 1.95. The number of aryl methyl sites for hydroxylation is 2. The third-order valence-electron chi connectivity index (χ3n) is 4.77. The Kier molecular flexibility index (Phi) is 5.45. The molecule has 8 heteroatoms. The average Bonchev–Trinajstić information content (AvgIpc) is 2.70. The highest BCUT2D eigenvalue weighted by Crippen LogP contribution is 2.30. The van der Waals surface area contributed by atoms with Crippen LogP contribution >= 0.6 is 0 Å². The minimum absolute atomic E-state index is 0.327. The monoisotopic (exact) mass is 396 g/mol. The zero-order chi connectivity index (χ0) is 21.3. The molecule has 0 aliphatic rings. The summed E-state index contributed by atoms with van der Waals surface area (Å²) >= 11 is 0. The van der Waals surface area contributed by atoms with Crippen LogP contribution in [0.1, 0.15) is 17.3 Å². The van der Waals surface area contributed by atoms with E-state index in [0.717, 1.165) is 0 Å². The van der Waals surface area contributed by atoms with E-state index >= 15 is 0 Å². The zero-order valence-corrected chi connectivity index (χ0v) is 17.1. The molecule has 1 heterocycles. The average molecular weight is 396 g/mol. The number of benzene rings is 2. The molecule has 0 bridgehead atoms. The Labute approximate surface area is 167 Å². The second kappa shape index (κ2) is 7.83. The predicted molar refractivity (Wildman–Crippen MR) is 114 cm³/mol. The van der Waals surface area contributed by atoms with Crippen LogP contribution in [0.25, 0.3) is 11.0 Å². The van der Waals surface area contributed by atoms with E-state index in [1.54, 1.807) is 43.4 Å². The molecule has 2 aromatic carbocycles. The van der Waals surface area contributed by atoms with Crippen molar-refractivity contribution >= 4 is 28.3 Å². The molecule has 0 saturated carbocycles. The number of hydrogen-bond donors (Lipinski definition) is 1. The first-order chi connectivity index (χ1) is 13.8.